The van der Waals surface area contributed by atoms with E-state index in [-0.39, 0.29) is 5.91 Å². The topological polar surface area (TPSA) is 67.8 Å². The number of hydrogen-bond acceptors (Lipinski definition) is 5. The van der Waals surface area contributed by atoms with Crippen molar-refractivity contribution in [3.8, 4) is 0 Å². The highest BCUT2D eigenvalue weighted by molar-refractivity contribution is 7.98. The van der Waals surface area contributed by atoms with E-state index in [2.05, 4.69) is 26.3 Å². The number of benzene rings is 1. The van der Waals surface area contributed by atoms with Crippen molar-refractivity contribution in [1.29, 1.82) is 0 Å². The summed E-state index contributed by atoms with van der Waals surface area (Å²) in [7, 11) is 0. The SMILES string of the molecule is Cc1cc(C)cc(NC(=O)c2cccnc2SCc2ccncn2)c1. The van der Waals surface area contributed by atoms with E-state index in [0.717, 1.165) is 22.5 Å². The second-order valence-corrected chi connectivity index (χ2v) is 6.64. The van der Waals surface area contributed by atoms with Gasteiger partial charge in [0.1, 0.15) is 11.4 Å². The van der Waals surface area contributed by atoms with Gasteiger partial charge in [0.2, 0.25) is 0 Å². The van der Waals surface area contributed by atoms with Crippen LogP contribution in [0, 0.1) is 13.8 Å². The Labute approximate surface area is 150 Å². The number of nitrogens with zero attached hydrogens (tertiary/aromatic N) is 3. The first-order valence-electron chi connectivity index (χ1n) is 7.84. The summed E-state index contributed by atoms with van der Waals surface area (Å²) in [5.41, 5.74) is 4.46. The molecule has 5 nitrogen and oxygen atoms in total. The van der Waals surface area contributed by atoms with Gasteiger partial charge in [0.15, 0.2) is 0 Å². The quantitative estimate of drug-likeness (QED) is 0.704. The summed E-state index contributed by atoms with van der Waals surface area (Å²) in [5, 5.41) is 3.64. The minimum Gasteiger partial charge on any atom is -0.322 e. The molecule has 0 spiro atoms. The number of pyridine rings is 1. The molecule has 25 heavy (non-hydrogen) atoms. The van der Waals surface area contributed by atoms with Gasteiger partial charge < -0.3 is 5.32 Å². The Kier molecular flexibility index (Phi) is 5.40. The number of amides is 1. The average Bonchev–Trinajstić information content (AvgIpc) is 2.60. The summed E-state index contributed by atoms with van der Waals surface area (Å²) < 4.78 is 0. The van der Waals surface area contributed by atoms with Crippen molar-refractivity contribution >= 4 is 23.4 Å². The van der Waals surface area contributed by atoms with E-state index in [0.29, 0.717) is 16.3 Å². The van der Waals surface area contributed by atoms with E-state index >= 15 is 0 Å². The first-order valence-corrected chi connectivity index (χ1v) is 8.83. The van der Waals surface area contributed by atoms with Crippen molar-refractivity contribution in [2.75, 3.05) is 5.32 Å². The molecule has 0 aliphatic heterocycles. The summed E-state index contributed by atoms with van der Waals surface area (Å²) in [6.45, 7) is 4.02. The molecule has 0 fully saturated rings. The lowest BCUT2D eigenvalue weighted by Gasteiger charge is -2.10. The molecule has 1 aromatic carbocycles. The smallest absolute Gasteiger partial charge is 0.258 e. The molecule has 126 valence electrons. The maximum Gasteiger partial charge on any atom is 0.258 e. The van der Waals surface area contributed by atoms with Gasteiger partial charge in [-0.25, -0.2) is 15.0 Å². The molecule has 1 N–H and O–H groups in total. The summed E-state index contributed by atoms with van der Waals surface area (Å²) >= 11 is 1.48. The maximum absolute atomic E-state index is 12.7. The molecule has 0 radical (unpaired) electrons. The van der Waals surface area contributed by atoms with Gasteiger partial charge in [0.05, 0.1) is 11.3 Å². The number of aryl methyl sites for hydroxylation is 2. The second kappa shape index (κ2) is 7.90. The van der Waals surface area contributed by atoms with Crippen LogP contribution in [-0.4, -0.2) is 20.9 Å². The second-order valence-electron chi connectivity index (χ2n) is 5.68. The molecule has 0 unspecified atom stereocenters. The summed E-state index contributed by atoms with van der Waals surface area (Å²) in [5.74, 6) is 0.465. The van der Waals surface area contributed by atoms with Gasteiger partial charge >= 0.3 is 0 Å². The molecular weight excluding hydrogens is 332 g/mol. The van der Waals surface area contributed by atoms with Crippen LogP contribution in [0.2, 0.25) is 0 Å². The van der Waals surface area contributed by atoms with Gasteiger partial charge in [0.25, 0.3) is 5.91 Å². The van der Waals surface area contributed by atoms with Gasteiger partial charge in [0, 0.05) is 23.8 Å². The number of thioether (sulfide) groups is 1. The molecule has 0 atom stereocenters. The molecule has 6 heteroatoms. The highest BCUT2D eigenvalue weighted by Crippen LogP contribution is 2.24. The monoisotopic (exact) mass is 350 g/mol. The Morgan fingerprint density at radius 1 is 1.08 bits per heavy atom. The number of carbonyl (C=O) groups excluding carboxylic acids is 1. The molecule has 3 aromatic rings. The van der Waals surface area contributed by atoms with Crippen LogP contribution in [0.4, 0.5) is 5.69 Å². The first-order chi connectivity index (χ1) is 12.1. The Balaban J connectivity index is 1.76. The normalized spacial score (nSPS) is 10.5. The number of anilines is 1. The minimum atomic E-state index is -0.164. The molecule has 0 saturated carbocycles. The molecule has 1 amide bonds. The lowest BCUT2D eigenvalue weighted by molar-refractivity contribution is 0.102. The van der Waals surface area contributed by atoms with Crippen LogP contribution in [0.25, 0.3) is 0 Å². The molecule has 0 aliphatic rings. The van der Waals surface area contributed by atoms with Gasteiger partial charge in [-0.05, 0) is 55.3 Å². The van der Waals surface area contributed by atoms with Gasteiger partial charge in [-0.2, -0.15) is 0 Å². The van der Waals surface area contributed by atoms with Crippen LogP contribution in [0.15, 0.2) is 60.1 Å². The number of nitrogens with one attached hydrogen (secondary N) is 1. The van der Waals surface area contributed by atoms with Crippen molar-refractivity contribution < 1.29 is 4.79 Å². The Morgan fingerprint density at radius 2 is 1.88 bits per heavy atom. The number of carbonyl (C=O) groups is 1. The molecule has 0 saturated heterocycles. The number of hydrogen-bond donors (Lipinski definition) is 1. The number of rotatable bonds is 5. The minimum absolute atomic E-state index is 0.164. The van der Waals surface area contributed by atoms with Gasteiger partial charge in [-0.1, -0.05) is 17.8 Å². The highest BCUT2D eigenvalue weighted by Gasteiger charge is 2.13. The van der Waals surface area contributed by atoms with E-state index in [1.807, 2.05) is 32.0 Å². The highest BCUT2D eigenvalue weighted by atomic mass is 32.2. The van der Waals surface area contributed by atoms with Crippen molar-refractivity contribution in [3.05, 3.63) is 77.5 Å². The van der Waals surface area contributed by atoms with Crippen LogP contribution in [0.1, 0.15) is 27.2 Å². The summed E-state index contributed by atoms with van der Waals surface area (Å²) in [6, 6.07) is 11.4. The predicted octanol–water partition coefficient (Wildman–Crippen LogP) is 4.03. The van der Waals surface area contributed by atoms with E-state index < -0.39 is 0 Å². The number of aromatic nitrogens is 3. The molecule has 2 aromatic heterocycles. The van der Waals surface area contributed by atoms with Crippen molar-refractivity contribution in [2.45, 2.75) is 24.6 Å². The van der Waals surface area contributed by atoms with Crippen LogP contribution in [0.3, 0.4) is 0 Å². The zero-order valence-electron chi connectivity index (χ0n) is 14.1. The van der Waals surface area contributed by atoms with E-state index in [1.54, 1.807) is 24.5 Å². The maximum atomic E-state index is 12.7. The average molecular weight is 350 g/mol. The van der Waals surface area contributed by atoms with E-state index in [1.165, 1.54) is 18.1 Å². The Morgan fingerprint density at radius 3 is 2.60 bits per heavy atom. The van der Waals surface area contributed by atoms with E-state index in [9.17, 15) is 4.79 Å². The third-order valence-corrected chi connectivity index (χ3v) is 4.53. The summed E-state index contributed by atoms with van der Waals surface area (Å²) in [4.78, 5) is 25.1. The fraction of sp³-hybridized carbons (Fsp3) is 0.158. The first kappa shape index (κ1) is 17.1. The van der Waals surface area contributed by atoms with Gasteiger partial charge in [-0.15, -0.1) is 0 Å². The fourth-order valence-electron chi connectivity index (χ4n) is 2.47. The fourth-order valence-corrected chi connectivity index (χ4v) is 3.38. The molecule has 0 aliphatic carbocycles. The van der Waals surface area contributed by atoms with Crippen molar-refractivity contribution in [3.63, 3.8) is 0 Å². The van der Waals surface area contributed by atoms with Crippen LogP contribution in [0.5, 0.6) is 0 Å². The van der Waals surface area contributed by atoms with E-state index in [4.69, 9.17) is 0 Å². The third kappa shape index (κ3) is 4.64. The molecule has 0 bridgehead atoms. The van der Waals surface area contributed by atoms with Crippen LogP contribution in [-0.2, 0) is 5.75 Å². The lowest BCUT2D eigenvalue weighted by Crippen LogP contribution is -2.14. The molecule has 2 heterocycles. The predicted molar refractivity (Wildman–Crippen MR) is 99.7 cm³/mol. The third-order valence-electron chi connectivity index (χ3n) is 3.50. The van der Waals surface area contributed by atoms with Crippen LogP contribution < -0.4 is 5.32 Å². The van der Waals surface area contributed by atoms with Crippen molar-refractivity contribution in [1.82, 2.24) is 15.0 Å². The van der Waals surface area contributed by atoms with Crippen LogP contribution >= 0.6 is 11.8 Å². The largest absolute Gasteiger partial charge is 0.322 e. The standard InChI is InChI=1S/C19H18N4OS/c1-13-8-14(2)10-16(9-13)23-18(24)17-4-3-6-21-19(17)25-11-15-5-7-20-12-22-15/h3-10,12H,11H2,1-2H3,(H,23,24). The molecular formula is C19H18N4OS. The Bertz CT molecular complexity index is 863. The molecule has 3 rings (SSSR count). The zero-order valence-corrected chi connectivity index (χ0v) is 14.9. The van der Waals surface area contributed by atoms with Gasteiger partial charge in [-0.3, -0.25) is 4.79 Å². The Hall–Kier alpha value is -2.73. The lowest BCUT2D eigenvalue weighted by atomic mass is 10.1. The summed E-state index contributed by atoms with van der Waals surface area (Å²) in [6.07, 6.45) is 4.91. The van der Waals surface area contributed by atoms with Crippen molar-refractivity contribution in [2.24, 2.45) is 0 Å². The zero-order chi connectivity index (χ0) is 17.6.